The summed E-state index contributed by atoms with van der Waals surface area (Å²) in [6, 6.07) is 6.82. The average Bonchev–Trinajstić information content (AvgIpc) is 2.43. The van der Waals surface area contributed by atoms with Crippen LogP contribution in [-0.4, -0.2) is 22.3 Å². The Kier molecular flexibility index (Phi) is 6.00. The highest BCUT2D eigenvalue weighted by Crippen LogP contribution is 2.28. The molecule has 2 rings (SSSR count). The topological polar surface area (TPSA) is 29.1 Å². The van der Waals surface area contributed by atoms with Crippen molar-refractivity contribution in [3.63, 3.8) is 0 Å². The summed E-state index contributed by atoms with van der Waals surface area (Å²) in [4.78, 5) is 0. The van der Waals surface area contributed by atoms with Crippen LogP contribution in [0.2, 0.25) is 0 Å². The predicted octanol–water partition coefficient (Wildman–Crippen LogP) is 3.89. The van der Waals surface area contributed by atoms with Gasteiger partial charge in [0.15, 0.2) is 0 Å². The van der Waals surface area contributed by atoms with Gasteiger partial charge < -0.3 is 5.32 Å². The SMILES string of the molecule is CNC(CS(=O)C1CCCC(C)C1)c1cc(C)cc(C)c1. The molecule has 1 aliphatic carbocycles. The van der Waals surface area contributed by atoms with E-state index in [2.05, 4.69) is 44.3 Å². The van der Waals surface area contributed by atoms with Gasteiger partial charge in [0.25, 0.3) is 0 Å². The molecule has 1 aromatic carbocycles. The molecule has 0 heterocycles. The zero-order valence-electron chi connectivity index (χ0n) is 13.8. The van der Waals surface area contributed by atoms with E-state index in [9.17, 15) is 4.21 Å². The Bertz CT molecular complexity index is 480. The van der Waals surface area contributed by atoms with Crippen LogP contribution < -0.4 is 5.32 Å². The second kappa shape index (κ2) is 7.55. The van der Waals surface area contributed by atoms with Gasteiger partial charge in [0.1, 0.15) is 0 Å². The molecule has 118 valence electrons. The normalized spacial score (nSPS) is 25.5. The maximum Gasteiger partial charge on any atom is 0.0434 e. The summed E-state index contributed by atoms with van der Waals surface area (Å²) in [5.41, 5.74) is 3.83. The van der Waals surface area contributed by atoms with E-state index in [0.717, 1.165) is 24.5 Å². The summed E-state index contributed by atoms with van der Waals surface area (Å²) in [6.07, 6.45) is 4.82. The van der Waals surface area contributed by atoms with E-state index in [1.165, 1.54) is 29.5 Å². The van der Waals surface area contributed by atoms with Gasteiger partial charge in [-0.05, 0) is 45.2 Å². The fourth-order valence-corrected chi connectivity index (χ4v) is 5.41. The van der Waals surface area contributed by atoms with E-state index in [1.54, 1.807) is 0 Å². The first-order valence-corrected chi connectivity index (χ1v) is 9.50. The number of rotatable bonds is 5. The largest absolute Gasteiger partial charge is 0.312 e. The van der Waals surface area contributed by atoms with Crippen LogP contribution in [0.3, 0.4) is 0 Å². The predicted molar refractivity (Wildman–Crippen MR) is 92.1 cm³/mol. The van der Waals surface area contributed by atoms with Gasteiger partial charge in [0, 0.05) is 27.8 Å². The van der Waals surface area contributed by atoms with Crippen LogP contribution >= 0.6 is 0 Å². The Morgan fingerprint density at radius 3 is 2.48 bits per heavy atom. The molecule has 1 fully saturated rings. The lowest BCUT2D eigenvalue weighted by molar-refractivity contribution is 0.388. The molecule has 3 heteroatoms. The maximum atomic E-state index is 12.7. The molecule has 0 saturated heterocycles. The Balaban J connectivity index is 2.06. The summed E-state index contributed by atoms with van der Waals surface area (Å²) in [7, 11) is 1.24. The second-order valence-electron chi connectivity index (χ2n) is 6.70. The minimum atomic E-state index is -0.733. The number of hydrogen-bond acceptors (Lipinski definition) is 2. The van der Waals surface area contributed by atoms with E-state index >= 15 is 0 Å². The van der Waals surface area contributed by atoms with Crippen LogP contribution in [0.5, 0.6) is 0 Å². The number of hydrogen-bond donors (Lipinski definition) is 1. The summed E-state index contributed by atoms with van der Waals surface area (Å²) in [5.74, 6) is 1.47. The van der Waals surface area contributed by atoms with Gasteiger partial charge >= 0.3 is 0 Å². The van der Waals surface area contributed by atoms with Gasteiger partial charge in [-0.25, -0.2) is 0 Å². The second-order valence-corrected chi connectivity index (χ2v) is 8.46. The molecule has 1 aliphatic rings. The molecule has 21 heavy (non-hydrogen) atoms. The zero-order chi connectivity index (χ0) is 15.4. The van der Waals surface area contributed by atoms with E-state index in [1.807, 2.05) is 7.05 Å². The van der Waals surface area contributed by atoms with E-state index in [4.69, 9.17) is 0 Å². The highest BCUT2D eigenvalue weighted by molar-refractivity contribution is 7.85. The van der Waals surface area contributed by atoms with Crippen LogP contribution in [0, 0.1) is 19.8 Å². The summed E-state index contributed by atoms with van der Waals surface area (Å²) in [6.45, 7) is 6.55. The number of benzene rings is 1. The molecule has 4 atom stereocenters. The third-order valence-electron chi connectivity index (χ3n) is 4.59. The number of nitrogens with one attached hydrogen (secondary N) is 1. The zero-order valence-corrected chi connectivity index (χ0v) is 14.6. The molecule has 0 amide bonds. The van der Waals surface area contributed by atoms with Crippen LogP contribution in [0.15, 0.2) is 18.2 Å². The molecule has 1 saturated carbocycles. The van der Waals surface area contributed by atoms with E-state index < -0.39 is 10.8 Å². The third kappa shape index (κ3) is 4.65. The third-order valence-corrected chi connectivity index (χ3v) is 6.42. The molecule has 2 nitrogen and oxygen atoms in total. The lowest BCUT2D eigenvalue weighted by atomic mass is 9.91. The quantitative estimate of drug-likeness (QED) is 0.894. The molecule has 1 N–H and O–H groups in total. The van der Waals surface area contributed by atoms with E-state index in [0.29, 0.717) is 5.25 Å². The van der Waals surface area contributed by atoms with Crippen molar-refractivity contribution in [1.82, 2.24) is 5.32 Å². The van der Waals surface area contributed by atoms with Crippen molar-refractivity contribution >= 4 is 10.8 Å². The van der Waals surface area contributed by atoms with Gasteiger partial charge in [0.2, 0.25) is 0 Å². The molecule has 4 unspecified atom stereocenters. The summed E-state index contributed by atoms with van der Waals surface area (Å²) < 4.78 is 12.7. The average molecular weight is 308 g/mol. The van der Waals surface area contributed by atoms with Crippen molar-refractivity contribution in [2.24, 2.45) is 5.92 Å². The minimum absolute atomic E-state index is 0.196. The summed E-state index contributed by atoms with van der Waals surface area (Å²) >= 11 is 0. The molecule has 1 aromatic rings. The first-order chi connectivity index (χ1) is 9.99. The van der Waals surface area contributed by atoms with Gasteiger partial charge in [-0.1, -0.05) is 49.1 Å². The van der Waals surface area contributed by atoms with Gasteiger partial charge in [-0.15, -0.1) is 0 Å². The first kappa shape index (κ1) is 16.7. The fraction of sp³-hybridized carbons (Fsp3) is 0.667. The molecule has 0 spiro atoms. The Morgan fingerprint density at radius 1 is 1.24 bits per heavy atom. The standard InChI is InChI=1S/C18H29NOS/c1-13-6-5-7-17(11-13)21(20)12-18(19-4)16-9-14(2)8-15(3)10-16/h8-10,13,17-19H,5-7,11-12H2,1-4H3. The van der Waals surface area contributed by atoms with Crippen molar-refractivity contribution in [2.75, 3.05) is 12.8 Å². The minimum Gasteiger partial charge on any atom is -0.312 e. The van der Waals surface area contributed by atoms with Crippen molar-refractivity contribution in [1.29, 1.82) is 0 Å². The van der Waals surface area contributed by atoms with Crippen LogP contribution in [0.25, 0.3) is 0 Å². The molecular formula is C18H29NOS. The monoisotopic (exact) mass is 307 g/mol. The first-order valence-electron chi connectivity index (χ1n) is 8.12. The Hall–Kier alpha value is -0.670. The van der Waals surface area contributed by atoms with Gasteiger partial charge in [0.05, 0.1) is 0 Å². The number of aryl methyl sites for hydroxylation is 2. The molecule has 0 aromatic heterocycles. The molecular weight excluding hydrogens is 278 g/mol. The Morgan fingerprint density at radius 2 is 1.90 bits per heavy atom. The lowest BCUT2D eigenvalue weighted by Gasteiger charge is -2.28. The fourth-order valence-electron chi connectivity index (χ4n) is 3.47. The Labute approximate surface area is 132 Å². The van der Waals surface area contributed by atoms with Crippen LogP contribution in [-0.2, 0) is 10.8 Å². The summed E-state index contributed by atoms with van der Waals surface area (Å²) in [5, 5.41) is 3.76. The van der Waals surface area contributed by atoms with Crippen LogP contribution in [0.4, 0.5) is 0 Å². The van der Waals surface area contributed by atoms with Gasteiger partial charge in [-0.3, -0.25) is 4.21 Å². The van der Waals surface area contributed by atoms with Crippen molar-refractivity contribution in [3.8, 4) is 0 Å². The molecule has 0 bridgehead atoms. The van der Waals surface area contributed by atoms with Crippen LogP contribution in [0.1, 0.15) is 55.3 Å². The van der Waals surface area contributed by atoms with Crippen molar-refractivity contribution < 1.29 is 4.21 Å². The highest BCUT2D eigenvalue weighted by atomic mass is 32.2. The lowest BCUT2D eigenvalue weighted by Crippen LogP contribution is -2.30. The molecule has 0 aliphatic heterocycles. The smallest absolute Gasteiger partial charge is 0.0434 e. The highest BCUT2D eigenvalue weighted by Gasteiger charge is 2.26. The maximum absolute atomic E-state index is 12.7. The van der Waals surface area contributed by atoms with Crippen molar-refractivity contribution in [3.05, 3.63) is 34.9 Å². The molecule has 0 radical (unpaired) electrons. The van der Waals surface area contributed by atoms with E-state index in [-0.39, 0.29) is 6.04 Å². The van der Waals surface area contributed by atoms with Gasteiger partial charge in [-0.2, -0.15) is 0 Å². The van der Waals surface area contributed by atoms with Crippen molar-refractivity contribution in [2.45, 2.75) is 57.7 Å².